The Morgan fingerprint density at radius 3 is 2.16 bits per heavy atom. The van der Waals surface area contributed by atoms with E-state index in [0.29, 0.717) is 5.69 Å². The van der Waals surface area contributed by atoms with Gasteiger partial charge in [0.25, 0.3) is 11.8 Å². The molecule has 1 aliphatic rings. The molecule has 0 spiro atoms. The van der Waals surface area contributed by atoms with Gasteiger partial charge < -0.3 is 25.2 Å². The number of esters is 1. The van der Waals surface area contributed by atoms with E-state index in [1.807, 2.05) is 0 Å². The summed E-state index contributed by atoms with van der Waals surface area (Å²) in [6, 6.07) is 5.40. The summed E-state index contributed by atoms with van der Waals surface area (Å²) in [5, 5.41) is 5.94. The standard InChI is InChI=1S/C24H30N4O9S/c1-14(2)22(27-23(33)18(38(35)36)10-11-28-20(31)8-9-21(28)32)24(34)25-12-19(30)26-17-6-4-16(5-7-17)13-37-15(3)29/h4-9,14,18,22H,10-13H2,1-3H3,(H,25,34)(H,26,30)(H,27,33)(H,35,36)/t18-,22?/m1/s1. The minimum atomic E-state index is -2.64. The Labute approximate surface area is 221 Å². The highest BCUT2D eigenvalue weighted by Crippen LogP contribution is 2.12. The molecule has 1 aliphatic heterocycles. The topological polar surface area (TPSA) is 188 Å². The van der Waals surface area contributed by atoms with Crippen molar-refractivity contribution in [2.75, 3.05) is 18.4 Å². The van der Waals surface area contributed by atoms with E-state index in [1.54, 1.807) is 38.1 Å². The predicted molar refractivity (Wildman–Crippen MR) is 135 cm³/mol. The van der Waals surface area contributed by atoms with Crippen molar-refractivity contribution in [3.05, 3.63) is 42.0 Å². The van der Waals surface area contributed by atoms with Crippen LogP contribution in [0.1, 0.15) is 32.8 Å². The predicted octanol–water partition coefficient (Wildman–Crippen LogP) is -0.149. The Balaban J connectivity index is 1.89. The molecule has 0 saturated heterocycles. The second-order valence-corrected chi connectivity index (χ2v) is 9.81. The van der Waals surface area contributed by atoms with Gasteiger partial charge in [-0.05, 0) is 30.0 Å². The van der Waals surface area contributed by atoms with Gasteiger partial charge in [-0.3, -0.25) is 33.7 Å². The average Bonchev–Trinajstić information content (AvgIpc) is 3.17. The molecule has 14 heteroatoms. The Hall–Kier alpha value is -3.91. The maximum atomic E-state index is 12.7. The smallest absolute Gasteiger partial charge is 0.302 e. The summed E-state index contributed by atoms with van der Waals surface area (Å²) in [5.41, 5.74) is 1.17. The van der Waals surface area contributed by atoms with Crippen LogP contribution in [0, 0.1) is 5.92 Å². The van der Waals surface area contributed by atoms with Gasteiger partial charge in [0, 0.05) is 31.3 Å². The van der Waals surface area contributed by atoms with Gasteiger partial charge in [0.15, 0.2) is 11.1 Å². The van der Waals surface area contributed by atoms with Gasteiger partial charge in [-0.1, -0.05) is 26.0 Å². The van der Waals surface area contributed by atoms with Crippen molar-refractivity contribution in [1.82, 2.24) is 15.5 Å². The molecular weight excluding hydrogens is 520 g/mol. The molecule has 0 saturated carbocycles. The minimum absolute atomic E-state index is 0.0956. The van der Waals surface area contributed by atoms with Crippen molar-refractivity contribution in [2.24, 2.45) is 5.92 Å². The van der Waals surface area contributed by atoms with Crippen molar-refractivity contribution in [2.45, 2.75) is 45.1 Å². The SMILES string of the molecule is CC(=O)OCc1ccc(NC(=O)CNC(=O)C(NC(=O)[C@@H](CCN2C(=O)C=CC2=O)S(=O)O)C(C)C)cc1. The van der Waals surface area contributed by atoms with E-state index >= 15 is 0 Å². The van der Waals surface area contributed by atoms with Crippen LogP contribution in [-0.4, -0.2) is 73.5 Å². The van der Waals surface area contributed by atoms with Crippen LogP contribution in [0.25, 0.3) is 0 Å². The van der Waals surface area contributed by atoms with Crippen molar-refractivity contribution in [3.63, 3.8) is 0 Å². The zero-order valence-corrected chi connectivity index (χ0v) is 21.9. The van der Waals surface area contributed by atoms with Gasteiger partial charge in [-0.25, -0.2) is 4.21 Å². The van der Waals surface area contributed by atoms with E-state index in [2.05, 4.69) is 16.0 Å². The number of hydrogen-bond acceptors (Lipinski definition) is 8. The molecule has 1 aromatic rings. The third-order valence-electron chi connectivity index (χ3n) is 5.40. The van der Waals surface area contributed by atoms with Crippen LogP contribution in [0.15, 0.2) is 36.4 Å². The van der Waals surface area contributed by atoms with Crippen LogP contribution in [0.3, 0.4) is 0 Å². The molecule has 206 valence electrons. The maximum Gasteiger partial charge on any atom is 0.302 e. The molecule has 1 heterocycles. The third kappa shape index (κ3) is 9.19. The lowest BCUT2D eigenvalue weighted by molar-refractivity contribution is -0.142. The van der Waals surface area contributed by atoms with Crippen molar-refractivity contribution in [1.29, 1.82) is 0 Å². The van der Waals surface area contributed by atoms with Crippen LogP contribution in [0.4, 0.5) is 5.69 Å². The van der Waals surface area contributed by atoms with Crippen molar-refractivity contribution in [3.8, 4) is 0 Å². The van der Waals surface area contributed by atoms with E-state index in [-0.39, 0.29) is 19.6 Å². The summed E-state index contributed by atoms with van der Waals surface area (Å²) < 4.78 is 26.3. The van der Waals surface area contributed by atoms with Crippen molar-refractivity contribution >= 4 is 52.3 Å². The number of benzene rings is 1. The summed E-state index contributed by atoms with van der Waals surface area (Å²) in [5.74, 6) is -4.17. The van der Waals surface area contributed by atoms with Crippen LogP contribution in [0.5, 0.6) is 0 Å². The summed E-state index contributed by atoms with van der Waals surface area (Å²) in [7, 11) is 0. The number of nitrogens with one attached hydrogen (secondary N) is 3. The zero-order chi connectivity index (χ0) is 28.4. The number of amides is 5. The van der Waals surface area contributed by atoms with E-state index in [9.17, 15) is 37.5 Å². The fourth-order valence-electron chi connectivity index (χ4n) is 3.35. The number of ether oxygens (including phenoxy) is 1. The van der Waals surface area contributed by atoms with E-state index in [4.69, 9.17) is 4.74 Å². The number of carbonyl (C=O) groups is 6. The van der Waals surface area contributed by atoms with E-state index in [1.165, 1.54) is 6.92 Å². The molecule has 13 nitrogen and oxygen atoms in total. The monoisotopic (exact) mass is 550 g/mol. The molecule has 2 unspecified atom stereocenters. The molecule has 38 heavy (non-hydrogen) atoms. The number of rotatable bonds is 13. The molecule has 5 amide bonds. The van der Waals surface area contributed by atoms with Crippen LogP contribution in [-0.2, 0) is 51.2 Å². The first kappa shape index (κ1) is 30.3. The van der Waals surface area contributed by atoms with Gasteiger partial charge in [0.1, 0.15) is 17.9 Å². The van der Waals surface area contributed by atoms with Crippen LogP contribution in [0.2, 0.25) is 0 Å². The van der Waals surface area contributed by atoms with Crippen molar-refractivity contribution < 1.29 is 42.3 Å². The molecule has 0 bridgehead atoms. The molecule has 4 N–H and O–H groups in total. The summed E-state index contributed by atoms with van der Waals surface area (Å²) in [6.45, 7) is 4.01. The number of anilines is 1. The molecule has 0 radical (unpaired) electrons. The average molecular weight is 551 g/mol. The number of carbonyl (C=O) groups excluding carboxylic acids is 6. The Kier molecular flexibility index (Phi) is 11.3. The summed E-state index contributed by atoms with van der Waals surface area (Å²) in [4.78, 5) is 72.8. The second-order valence-electron chi connectivity index (χ2n) is 8.69. The Morgan fingerprint density at radius 2 is 1.63 bits per heavy atom. The first-order valence-electron chi connectivity index (χ1n) is 11.6. The summed E-state index contributed by atoms with van der Waals surface area (Å²) in [6.07, 6.45) is 1.83. The van der Waals surface area contributed by atoms with Gasteiger partial charge in [0.05, 0.1) is 6.54 Å². The molecular formula is C24H30N4O9S. The molecule has 3 atom stereocenters. The normalized spacial score (nSPS) is 15.1. The minimum Gasteiger partial charge on any atom is -0.461 e. The third-order valence-corrected chi connectivity index (χ3v) is 6.34. The second kappa shape index (κ2) is 14.1. The highest BCUT2D eigenvalue weighted by Gasteiger charge is 2.33. The quantitative estimate of drug-likeness (QED) is 0.147. The van der Waals surface area contributed by atoms with Crippen LogP contribution < -0.4 is 16.0 Å². The fraction of sp³-hybridized carbons (Fsp3) is 0.417. The number of hydrogen-bond donors (Lipinski definition) is 4. The van der Waals surface area contributed by atoms with Gasteiger partial charge in [-0.2, -0.15) is 0 Å². The van der Waals surface area contributed by atoms with E-state index in [0.717, 1.165) is 22.6 Å². The summed E-state index contributed by atoms with van der Waals surface area (Å²) >= 11 is -2.64. The molecule has 1 aromatic carbocycles. The largest absolute Gasteiger partial charge is 0.461 e. The highest BCUT2D eigenvalue weighted by molar-refractivity contribution is 7.80. The first-order chi connectivity index (χ1) is 17.9. The van der Waals surface area contributed by atoms with Gasteiger partial charge in [0.2, 0.25) is 17.7 Å². The fourth-order valence-corrected chi connectivity index (χ4v) is 3.91. The number of nitrogens with zero attached hydrogens (tertiary/aromatic N) is 1. The molecule has 0 aromatic heterocycles. The Bertz CT molecular complexity index is 1120. The lowest BCUT2D eigenvalue weighted by Crippen LogP contribution is -2.54. The number of imide groups is 1. The lowest BCUT2D eigenvalue weighted by Gasteiger charge is -2.24. The molecule has 0 fully saturated rings. The van der Waals surface area contributed by atoms with Gasteiger partial charge in [-0.15, -0.1) is 0 Å². The van der Waals surface area contributed by atoms with Crippen LogP contribution >= 0.6 is 0 Å². The first-order valence-corrected chi connectivity index (χ1v) is 12.8. The van der Waals surface area contributed by atoms with E-state index < -0.39 is 70.3 Å². The molecule has 2 rings (SSSR count). The lowest BCUT2D eigenvalue weighted by atomic mass is 10.0. The highest BCUT2D eigenvalue weighted by atomic mass is 32.2. The Morgan fingerprint density at radius 1 is 1.03 bits per heavy atom. The zero-order valence-electron chi connectivity index (χ0n) is 21.1. The molecule has 0 aliphatic carbocycles. The van der Waals surface area contributed by atoms with Gasteiger partial charge >= 0.3 is 5.97 Å². The maximum absolute atomic E-state index is 12.7.